The van der Waals surface area contributed by atoms with Crippen LogP contribution in [0.4, 0.5) is 5.69 Å². The van der Waals surface area contributed by atoms with Crippen molar-refractivity contribution in [2.45, 2.75) is 26.4 Å². The van der Waals surface area contributed by atoms with Crippen LogP contribution < -0.4 is 29.2 Å². The summed E-state index contributed by atoms with van der Waals surface area (Å²) >= 11 is 5.92. The van der Waals surface area contributed by atoms with Crippen LogP contribution in [-0.4, -0.2) is 22.2 Å². The van der Waals surface area contributed by atoms with Crippen LogP contribution >= 0.6 is 11.6 Å². The molecular formula is C13H19Cl2N5. The maximum absolute atomic E-state index is 6.09. The number of halogens is 2. The van der Waals surface area contributed by atoms with Gasteiger partial charge in [0.2, 0.25) is 0 Å². The van der Waals surface area contributed by atoms with Gasteiger partial charge in [0.05, 0.1) is 0 Å². The first-order valence-electron chi connectivity index (χ1n) is 6.15. The van der Waals surface area contributed by atoms with E-state index >= 15 is 0 Å². The minimum Gasteiger partial charge on any atom is -1.00 e. The van der Waals surface area contributed by atoms with Crippen molar-refractivity contribution in [3.8, 4) is 0 Å². The number of aliphatic imine (C=N–C) groups is 1. The van der Waals surface area contributed by atoms with Gasteiger partial charge in [-0.2, -0.15) is 4.99 Å². The third-order valence-corrected chi connectivity index (χ3v) is 3.73. The Labute approximate surface area is 130 Å². The van der Waals surface area contributed by atoms with Gasteiger partial charge >= 0.3 is 5.96 Å². The number of hydrogen-bond acceptors (Lipinski definition) is 4. The maximum Gasteiger partial charge on any atom is 0.357 e. The van der Waals surface area contributed by atoms with Crippen LogP contribution in [0.1, 0.15) is 20.8 Å². The Bertz CT molecular complexity index is 550. The largest absolute Gasteiger partial charge is 1.00 e. The highest BCUT2D eigenvalue weighted by atomic mass is 35.5. The van der Waals surface area contributed by atoms with E-state index < -0.39 is 5.66 Å². The van der Waals surface area contributed by atoms with Crippen LogP contribution in [0.3, 0.4) is 0 Å². The van der Waals surface area contributed by atoms with Crippen molar-refractivity contribution < 1.29 is 17.0 Å². The first-order chi connectivity index (χ1) is 8.84. The van der Waals surface area contributed by atoms with E-state index in [1.165, 1.54) is 0 Å². The molecule has 110 valence electrons. The lowest BCUT2D eigenvalue weighted by molar-refractivity contribution is -0.542. The van der Waals surface area contributed by atoms with Crippen molar-refractivity contribution >= 4 is 29.2 Å². The van der Waals surface area contributed by atoms with Crippen LogP contribution in [0.5, 0.6) is 0 Å². The molecule has 1 aromatic carbocycles. The fourth-order valence-corrected chi connectivity index (χ4v) is 2.26. The summed E-state index contributed by atoms with van der Waals surface area (Å²) in [6.07, 6.45) is 0. The van der Waals surface area contributed by atoms with Gasteiger partial charge in [0, 0.05) is 10.9 Å². The smallest absolute Gasteiger partial charge is 0.357 e. The summed E-state index contributed by atoms with van der Waals surface area (Å²) in [4.78, 5) is 4.52. The normalized spacial score (nSPS) is 22.1. The van der Waals surface area contributed by atoms with Gasteiger partial charge in [-0.05, 0) is 31.2 Å². The van der Waals surface area contributed by atoms with Crippen LogP contribution in [0.15, 0.2) is 29.3 Å². The van der Waals surface area contributed by atoms with Crippen molar-refractivity contribution in [2.75, 3.05) is 0 Å². The molecule has 1 unspecified atom stereocenters. The van der Waals surface area contributed by atoms with Crippen LogP contribution in [0.25, 0.3) is 0 Å². The van der Waals surface area contributed by atoms with E-state index in [1.807, 2.05) is 35.8 Å². The van der Waals surface area contributed by atoms with Crippen molar-refractivity contribution in [1.29, 1.82) is 0 Å². The van der Waals surface area contributed by atoms with Gasteiger partial charge in [-0.3, -0.25) is 5.73 Å². The third kappa shape index (κ3) is 2.83. The van der Waals surface area contributed by atoms with E-state index in [1.54, 1.807) is 0 Å². The Balaban J connectivity index is 0.00000200. The van der Waals surface area contributed by atoms with E-state index in [0.717, 1.165) is 5.69 Å². The highest BCUT2D eigenvalue weighted by Crippen LogP contribution is 2.31. The second-order valence-electron chi connectivity index (χ2n) is 5.07. The zero-order valence-electron chi connectivity index (χ0n) is 11.7. The van der Waals surface area contributed by atoms with Gasteiger partial charge in [0.25, 0.3) is 5.96 Å². The summed E-state index contributed by atoms with van der Waals surface area (Å²) in [5.41, 5.74) is 12.3. The van der Waals surface area contributed by atoms with Crippen LogP contribution in [0.2, 0.25) is 5.02 Å². The van der Waals surface area contributed by atoms with Crippen molar-refractivity contribution in [1.82, 2.24) is 5.32 Å². The molecule has 0 spiro atoms. The monoisotopic (exact) mass is 315 g/mol. The third-order valence-electron chi connectivity index (χ3n) is 3.48. The highest BCUT2D eigenvalue weighted by molar-refractivity contribution is 6.30. The molecular weight excluding hydrogens is 297 g/mol. The Morgan fingerprint density at radius 1 is 1.25 bits per heavy atom. The Morgan fingerprint density at radius 2 is 1.80 bits per heavy atom. The number of rotatable bonds is 2. The number of nitrogens with one attached hydrogen (secondary N) is 1. The van der Waals surface area contributed by atoms with Crippen molar-refractivity contribution in [3.05, 3.63) is 29.3 Å². The summed E-state index contributed by atoms with van der Waals surface area (Å²) in [7, 11) is 0. The molecule has 20 heavy (non-hydrogen) atoms. The van der Waals surface area contributed by atoms with Crippen molar-refractivity contribution in [2.24, 2.45) is 22.4 Å². The lowest BCUT2D eigenvalue weighted by Crippen LogP contribution is -3.00. The summed E-state index contributed by atoms with van der Waals surface area (Å²) in [6.45, 7) is 6.17. The zero-order chi connectivity index (χ0) is 14.2. The molecule has 2 rings (SSSR count). The molecule has 1 atom stereocenters. The average Bonchev–Trinajstić information content (AvgIpc) is 2.30. The molecule has 0 amide bonds. The van der Waals surface area contributed by atoms with Gasteiger partial charge in [0.1, 0.15) is 5.69 Å². The predicted molar refractivity (Wildman–Crippen MR) is 78.6 cm³/mol. The molecule has 0 bridgehead atoms. The molecule has 0 saturated heterocycles. The molecule has 7 heteroatoms. The zero-order valence-corrected chi connectivity index (χ0v) is 13.2. The molecule has 5 N–H and O–H groups in total. The van der Waals surface area contributed by atoms with Gasteiger partial charge in [-0.1, -0.05) is 25.4 Å². The van der Waals surface area contributed by atoms with Crippen LogP contribution in [0, 0.1) is 5.92 Å². The Kier molecular flexibility index (Phi) is 4.89. The van der Waals surface area contributed by atoms with E-state index in [4.69, 9.17) is 23.1 Å². The van der Waals surface area contributed by atoms with Gasteiger partial charge in [0.15, 0.2) is 5.66 Å². The van der Waals surface area contributed by atoms with Crippen LogP contribution in [-0.2, 0) is 0 Å². The number of benzene rings is 1. The molecule has 5 nitrogen and oxygen atoms in total. The quantitative estimate of drug-likeness (QED) is 0.587. The van der Waals surface area contributed by atoms with Crippen molar-refractivity contribution in [3.63, 3.8) is 0 Å². The molecule has 0 saturated carbocycles. The second-order valence-corrected chi connectivity index (χ2v) is 5.50. The molecule has 1 heterocycles. The van der Waals surface area contributed by atoms with E-state index in [0.29, 0.717) is 16.9 Å². The fraction of sp³-hybridized carbons (Fsp3) is 0.385. The maximum atomic E-state index is 6.09. The van der Waals surface area contributed by atoms with E-state index in [9.17, 15) is 0 Å². The van der Waals surface area contributed by atoms with Gasteiger partial charge in [-0.15, -0.1) is 0 Å². The molecule has 0 fully saturated rings. The number of nitrogens with two attached hydrogens (primary N) is 2. The Hall–Kier alpha value is -1.46. The minimum atomic E-state index is -0.534. The summed E-state index contributed by atoms with van der Waals surface area (Å²) in [5.74, 6) is 1.02. The second kappa shape index (κ2) is 5.89. The van der Waals surface area contributed by atoms with E-state index in [-0.39, 0.29) is 18.3 Å². The highest BCUT2D eigenvalue weighted by Gasteiger charge is 2.41. The predicted octanol–water partition coefficient (Wildman–Crippen LogP) is -1.41. The summed E-state index contributed by atoms with van der Waals surface area (Å²) in [5, 5.41) is 3.55. The van der Waals surface area contributed by atoms with Gasteiger partial charge in [-0.25, -0.2) is 9.89 Å². The molecule has 1 aliphatic rings. The Morgan fingerprint density at radius 3 is 2.30 bits per heavy atom. The summed E-state index contributed by atoms with van der Waals surface area (Å²) < 4.78 is 1.93. The standard InChI is InChI=1S/C13H18ClN5.ClH/c1-8(2)13(3)18-11(15)17-12(16)19(13)10-6-4-9(14)5-7-10;/h4-8H,1-3H3,(H4,15,16,17,18);1H. The summed E-state index contributed by atoms with van der Waals surface area (Å²) in [6, 6.07) is 7.47. The molecule has 0 aromatic heterocycles. The lowest BCUT2D eigenvalue weighted by Gasteiger charge is -2.34. The number of nitrogens with zero attached hydrogens (tertiary/aromatic N) is 2. The molecule has 1 aliphatic heterocycles. The lowest BCUT2D eigenvalue weighted by atomic mass is 9.96. The number of guanidine groups is 2. The van der Waals surface area contributed by atoms with Gasteiger partial charge < -0.3 is 18.1 Å². The topological polar surface area (TPSA) is 79.4 Å². The molecule has 1 aromatic rings. The fourth-order valence-electron chi connectivity index (χ4n) is 2.13. The number of hydrogen-bond donors (Lipinski definition) is 3. The molecule has 0 aliphatic carbocycles. The SMILES string of the molecule is CC(C)C1(C)N=C(N)NC(N)=[N+]1c1ccc(Cl)cc1.[Cl-]. The van der Waals surface area contributed by atoms with E-state index in [2.05, 4.69) is 24.2 Å². The average molecular weight is 316 g/mol. The first-order valence-corrected chi connectivity index (χ1v) is 6.53. The minimum absolute atomic E-state index is 0. The molecule has 0 radical (unpaired) electrons. The first kappa shape index (κ1) is 16.6.